The number of hydrogen-bond donors (Lipinski definition) is 1. The van der Waals surface area contributed by atoms with E-state index in [4.69, 9.17) is 5.11 Å². The lowest BCUT2D eigenvalue weighted by Gasteiger charge is -2.33. The van der Waals surface area contributed by atoms with Gasteiger partial charge in [-0.05, 0) is 37.5 Å². The van der Waals surface area contributed by atoms with Crippen LogP contribution in [0.25, 0.3) is 0 Å². The summed E-state index contributed by atoms with van der Waals surface area (Å²) in [4.78, 5) is 24.3. The van der Waals surface area contributed by atoms with Crippen molar-refractivity contribution in [3.63, 3.8) is 0 Å². The molecule has 1 fully saturated rings. The quantitative estimate of drug-likeness (QED) is 0.893. The molecule has 1 aliphatic rings. The molecular weight excluding hydrogens is 256 g/mol. The Morgan fingerprint density at radius 3 is 2.68 bits per heavy atom. The lowest BCUT2D eigenvalue weighted by molar-refractivity contribution is -0.143. The zero-order valence-electron chi connectivity index (χ0n) is 10.1. The third-order valence-corrected chi connectivity index (χ3v) is 3.21. The molecule has 1 saturated heterocycles. The van der Waals surface area contributed by atoms with Crippen LogP contribution in [0.4, 0.5) is 8.78 Å². The number of carboxylic acids is 1. The summed E-state index contributed by atoms with van der Waals surface area (Å²) in [6.07, 6.45) is 1.69. The minimum absolute atomic E-state index is 0.242. The monoisotopic (exact) mass is 269 g/mol. The standard InChI is InChI=1S/C13H13F2NO3/c14-8-4-5-10(15)9(7-8)12(17)16-6-2-1-3-11(16)13(18)19/h4-5,7,11H,1-3,6H2,(H,18,19)/t11-/m1/s1. The smallest absolute Gasteiger partial charge is 0.326 e. The lowest BCUT2D eigenvalue weighted by atomic mass is 10.0. The summed E-state index contributed by atoms with van der Waals surface area (Å²) < 4.78 is 26.6. The molecule has 0 spiro atoms. The summed E-state index contributed by atoms with van der Waals surface area (Å²) in [6, 6.07) is 1.61. The molecule has 1 aromatic rings. The Morgan fingerprint density at radius 2 is 2.00 bits per heavy atom. The molecule has 1 aliphatic heterocycles. The summed E-state index contributed by atoms with van der Waals surface area (Å²) in [5.74, 6) is -3.47. The summed E-state index contributed by atoms with van der Waals surface area (Å²) in [5, 5.41) is 9.07. The van der Waals surface area contributed by atoms with Crippen molar-refractivity contribution >= 4 is 11.9 Å². The molecule has 0 aromatic heterocycles. The van der Waals surface area contributed by atoms with Crippen molar-refractivity contribution in [2.45, 2.75) is 25.3 Å². The summed E-state index contributed by atoms with van der Waals surface area (Å²) in [6.45, 7) is 0.242. The van der Waals surface area contributed by atoms with E-state index >= 15 is 0 Å². The van der Waals surface area contributed by atoms with E-state index in [2.05, 4.69) is 0 Å². The van der Waals surface area contributed by atoms with Crippen LogP contribution >= 0.6 is 0 Å². The summed E-state index contributed by atoms with van der Waals surface area (Å²) in [7, 11) is 0. The maximum absolute atomic E-state index is 13.5. The van der Waals surface area contributed by atoms with Crippen molar-refractivity contribution < 1.29 is 23.5 Å². The number of hydrogen-bond acceptors (Lipinski definition) is 2. The third kappa shape index (κ3) is 2.72. The number of carbonyl (C=O) groups excluding carboxylic acids is 1. The van der Waals surface area contributed by atoms with Gasteiger partial charge < -0.3 is 10.0 Å². The minimum Gasteiger partial charge on any atom is -0.480 e. The van der Waals surface area contributed by atoms with Gasteiger partial charge in [-0.3, -0.25) is 4.79 Å². The molecule has 1 aromatic carbocycles. The van der Waals surface area contributed by atoms with Crippen LogP contribution < -0.4 is 0 Å². The highest BCUT2D eigenvalue weighted by molar-refractivity contribution is 5.97. The summed E-state index contributed by atoms with van der Waals surface area (Å²) >= 11 is 0. The normalized spacial score (nSPS) is 19.3. The van der Waals surface area contributed by atoms with Crippen molar-refractivity contribution in [2.24, 2.45) is 0 Å². The number of likely N-dealkylation sites (tertiary alicyclic amines) is 1. The predicted octanol–water partition coefficient (Wildman–Crippen LogP) is 2.04. The number of carboxylic acid groups (broad SMARTS) is 1. The van der Waals surface area contributed by atoms with Crippen molar-refractivity contribution in [3.05, 3.63) is 35.4 Å². The van der Waals surface area contributed by atoms with Gasteiger partial charge in [-0.2, -0.15) is 0 Å². The molecule has 6 heteroatoms. The van der Waals surface area contributed by atoms with E-state index in [0.29, 0.717) is 19.3 Å². The number of nitrogens with zero attached hydrogens (tertiary/aromatic N) is 1. The lowest BCUT2D eigenvalue weighted by Crippen LogP contribution is -2.48. The SMILES string of the molecule is O=C(O)[C@H]1CCCCN1C(=O)c1cc(F)ccc1F. The van der Waals surface area contributed by atoms with Crippen LogP contribution in [0.15, 0.2) is 18.2 Å². The largest absolute Gasteiger partial charge is 0.480 e. The van der Waals surface area contributed by atoms with Crippen molar-refractivity contribution in [1.82, 2.24) is 4.90 Å². The van der Waals surface area contributed by atoms with Gasteiger partial charge in [0, 0.05) is 6.54 Å². The number of benzene rings is 1. The molecular formula is C13H13F2NO3. The van der Waals surface area contributed by atoms with E-state index in [9.17, 15) is 18.4 Å². The number of carbonyl (C=O) groups is 2. The van der Waals surface area contributed by atoms with Crippen LogP contribution in [-0.4, -0.2) is 34.5 Å². The van der Waals surface area contributed by atoms with E-state index in [0.717, 1.165) is 23.1 Å². The van der Waals surface area contributed by atoms with E-state index in [1.165, 1.54) is 0 Å². The summed E-state index contributed by atoms with van der Waals surface area (Å²) in [5.41, 5.74) is -0.423. The highest BCUT2D eigenvalue weighted by Gasteiger charge is 2.33. The van der Waals surface area contributed by atoms with Crippen molar-refractivity contribution in [3.8, 4) is 0 Å². The second-order valence-electron chi connectivity index (χ2n) is 4.47. The van der Waals surface area contributed by atoms with Crippen LogP contribution in [0.2, 0.25) is 0 Å². The average Bonchev–Trinajstić information content (AvgIpc) is 2.40. The Morgan fingerprint density at radius 1 is 1.26 bits per heavy atom. The molecule has 1 N–H and O–H groups in total. The van der Waals surface area contributed by atoms with Gasteiger partial charge in [0.05, 0.1) is 5.56 Å². The van der Waals surface area contributed by atoms with Crippen molar-refractivity contribution in [2.75, 3.05) is 6.54 Å². The van der Waals surface area contributed by atoms with Crippen LogP contribution in [0.1, 0.15) is 29.6 Å². The fourth-order valence-corrected chi connectivity index (χ4v) is 2.25. The van der Waals surface area contributed by atoms with Crippen LogP contribution in [0.5, 0.6) is 0 Å². The first kappa shape index (κ1) is 13.5. The highest BCUT2D eigenvalue weighted by Crippen LogP contribution is 2.21. The molecule has 102 valence electrons. The van der Waals surface area contributed by atoms with Gasteiger partial charge in [-0.15, -0.1) is 0 Å². The Labute approximate surface area is 108 Å². The molecule has 0 radical (unpaired) electrons. The second kappa shape index (κ2) is 5.34. The van der Waals surface area contributed by atoms with Crippen LogP contribution in [-0.2, 0) is 4.79 Å². The molecule has 1 heterocycles. The molecule has 0 unspecified atom stereocenters. The second-order valence-corrected chi connectivity index (χ2v) is 4.47. The third-order valence-electron chi connectivity index (χ3n) is 3.21. The predicted molar refractivity (Wildman–Crippen MR) is 62.7 cm³/mol. The fraction of sp³-hybridized carbons (Fsp3) is 0.385. The zero-order chi connectivity index (χ0) is 14.0. The molecule has 2 rings (SSSR count). The maximum atomic E-state index is 13.5. The van der Waals surface area contributed by atoms with Gasteiger partial charge in [0.25, 0.3) is 5.91 Å². The van der Waals surface area contributed by atoms with E-state index in [1.807, 2.05) is 0 Å². The number of piperidine rings is 1. The van der Waals surface area contributed by atoms with Crippen LogP contribution in [0.3, 0.4) is 0 Å². The first-order valence-corrected chi connectivity index (χ1v) is 5.99. The van der Waals surface area contributed by atoms with Gasteiger partial charge in [0.1, 0.15) is 17.7 Å². The maximum Gasteiger partial charge on any atom is 0.326 e. The molecule has 0 aliphatic carbocycles. The van der Waals surface area contributed by atoms with Gasteiger partial charge in [0.2, 0.25) is 0 Å². The molecule has 19 heavy (non-hydrogen) atoms. The zero-order valence-corrected chi connectivity index (χ0v) is 10.1. The fourth-order valence-electron chi connectivity index (χ4n) is 2.25. The topological polar surface area (TPSA) is 57.6 Å². The van der Waals surface area contributed by atoms with Gasteiger partial charge >= 0.3 is 5.97 Å². The first-order chi connectivity index (χ1) is 9.00. The van der Waals surface area contributed by atoms with E-state index in [1.54, 1.807) is 0 Å². The highest BCUT2D eigenvalue weighted by atomic mass is 19.1. The Hall–Kier alpha value is -1.98. The van der Waals surface area contributed by atoms with E-state index in [-0.39, 0.29) is 6.54 Å². The number of halogens is 2. The van der Waals surface area contributed by atoms with Gasteiger partial charge in [-0.1, -0.05) is 0 Å². The minimum atomic E-state index is -1.12. The van der Waals surface area contributed by atoms with Gasteiger partial charge in [0.15, 0.2) is 0 Å². The van der Waals surface area contributed by atoms with Gasteiger partial charge in [-0.25, -0.2) is 13.6 Å². The number of aliphatic carboxylic acids is 1. The number of rotatable bonds is 2. The Balaban J connectivity index is 2.31. The van der Waals surface area contributed by atoms with Crippen LogP contribution in [0, 0.1) is 11.6 Å². The molecule has 1 atom stereocenters. The van der Waals surface area contributed by atoms with E-state index < -0.39 is 35.1 Å². The van der Waals surface area contributed by atoms with Crippen molar-refractivity contribution in [1.29, 1.82) is 0 Å². The molecule has 1 amide bonds. The molecule has 0 saturated carbocycles. The Kier molecular flexibility index (Phi) is 3.78. The first-order valence-electron chi connectivity index (χ1n) is 5.99. The Bertz CT molecular complexity index is 519. The average molecular weight is 269 g/mol. The molecule has 0 bridgehead atoms. The number of amides is 1. The molecule has 4 nitrogen and oxygen atoms in total.